The van der Waals surface area contributed by atoms with E-state index in [9.17, 15) is 9.18 Å². The van der Waals surface area contributed by atoms with Crippen LogP contribution in [0.3, 0.4) is 0 Å². The third kappa shape index (κ3) is 2.08. The summed E-state index contributed by atoms with van der Waals surface area (Å²) in [6.45, 7) is 1.74. The molecule has 1 aromatic carbocycles. The number of hydrogen-bond donors (Lipinski definition) is 2. The van der Waals surface area contributed by atoms with Gasteiger partial charge in [-0.2, -0.15) is 0 Å². The first kappa shape index (κ1) is 13.2. The van der Waals surface area contributed by atoms with E-state index in [0.29, 0.717) is 20.3 Å². The van der Waals surface area contributed by atoms with E-state index in [4.69, 9.17) is 12.2 Å². The van der Waals surface area contributed by atoms with E-state index < -0.39 is 6.04 Å². The Hall–Kier alpha value is -1.21. The highest BCUT2D eigenvalue weighted by Crippen LogP contribution is 2.25. The monoisotopic (exact) mass is 331 g/mol. The normalized spacial score (nSPS) is 12.7. The van der Waals surface area contributed by atoms with Gasteiger partial charge in [-0.1, -0.05) is 0 Å². The number of amides is 1. The van der Waals surface area contributed by atoms with E-state index in [1.807, 2.05) is 0 Å². The minimum absolute atomic E-state index is 0.160. The standard InChI is InChI=1S/C11H11BrFN3OS/c1-5(10(17)14-2)16-9-3-6(12)7(13)4-8(9)15-11(16)18/h3-5H,1-2H3,(H,14,17)(H,15,18). The maximum Gasteiger partial charge on any atom is 0.242 e. The van der Waals surface area contributed by atoms with Gasteiger partial charge in [0.05, 0.1) is 15.5 Å². The van der Waals surface area contributed by atoms with Gasteiger partial charge in [-0.05, 0) is 41.1 Å². The van der Waals surface area contributed by atoms with Crippen LogP contribution in [0.2, 0.25) is 0 Å². The third-order valence-electron chi connectivity index (χ3n) is 2.77. The van der Waals surface area contributed by atoms with Crippen LogP contribution in [-0.2, 0) is 4.79 Å². The molecule has 0 radical (unpaired) electrons. The van der Waals surface area contributed by atoms with Gasteiger partial charge in [0.25, 0.3) is 0 Å². The van der Waals surface area contributed by atoms with Gasteiger partial charge in [0, 0.05) is 13.1 Å². The summed E-state index contributed by atoms with van der Waals surface area (Å²) >= 11 is 8.30. The number of likely N-dealkylation sites (N-methyl/N-ethyl adjacent to an activating group) is 1. The fourth-order valence-electron chi connectivity index (χ4n) is 1.83. The van der Waals surface area contributed by atoms with Crippen molar-refractivity contribution in [2.75, 3.05) is 7.05 Å². The van der Waals surface area contributed by atoms with Crippen LogP contribution < -0.4 is 5.32 Å². The molecule has 0 aliphatic carbocycles. The lowest BCUT2D eigenvalue weighted by molar-refractivity contribution is -0.123. The summed E-state index contributed by atoms with van der Waals surface area (Å²) in [7, 11) is 1.56. The van der Waals surface area contributed by atoms with Crippen LogP contribution in [0.15, 0.2) is 16.6 Å². The van der Waals surface area contributed by atoms with Gasteiger partial charge < -0.3 is 14.9 Å². The topological polar surface area (TPSA) is 49.8 Å². The van der Waals surface area contributed by atoms with E-state index >= 15 is 0 Å². The first-order valence-corrected chi connectivity index (χ1v) is 6.46. The van der Waals surface area contributed by atoms with Crippen LogP contribution in [0.25, 0.3) is 11.0 Å². The Kier molecular flexibility index (Phi) is 3.54. The molecule has 1 aromatic heterocycles. The summed E-state index contributed by atoms with van der Waals surface area (Å²) in [5, 5.41) is 2.57. The fraction of sp³-hybridized carbons (Fsp3) is 0.273. The molecule has 0 fully saturated rings. The molecule has 0 aliphatic rings. The molecule has 1 amide bonds. The Morgan fingerprint density at radius 3 is 2.89 bits per heavy atom. The Morgan fingerprint density at radius 2 is 2.28 bits per heavy atom. The van der Waals surface area contributed by atoms with Crippen LogP contribution >= 0.6 is 28.1 Å². The number of halogens is 2. The first-order chi connectivity index (χ1) is 8.45. The molecule has 0 saturated carbocycles. The Labute approximate surface area is 116 Å². The van der Waals surface area contributed by atoms with Crippen LogP contribution in [0.1, 0.15) is 13.0 Å². The van der Waals surface area contributed by atoms with Crippen LogP contribution in [0.5, 0.6) is 0 Å². The fourth-order valence-corrected chi connectivity index (χ4v) is 2.53. The summed E-state index contributed by atoms with van der Waals surface area (Å²) in [5.74, 6) is -0.536. The zero-order valence-electron chi connectivity index (χ0n) is 9.75. The molecule has 96 valence electrons. The number of carbonyl (C=O) groups excluding carboxylic acids is 1. The molecule has 0 aliphatic heterocycles. The number of fused-ring (bicyclic) bond motifs is 1. The molecule has 1 heterocycles. The van der Waals surface area contributed by atoms with Gasteiger partial charge in [0.15, 0.2) is 4.77 Å². The van der Waals surface area contributed by atoms with Crippen molar-refractivity contribution in [2.24, 2.45) is 0 Å². The van der Waals surface area contributed by atoms with Gasteiger partial charge in [-0.3, -0.25) is 4.79 Å². The maximum atomic E-state index is 13.4. The number of nitrogens with zero attached hydrogens (tertiary/aromatic N) is 1. The largest absolute Gasteiger partial charge is 0.357 e. The zero-order chi connectivity index (χ0) is 13.4. The van der Waals surface area contributed by atoms with Crippen LogP contribution in [0, 0.1) is 10.6 Å². The SMILES string of the molecule is CNC(=O)C(C)n1c(=S)[nH]c2cc(F)c(Br)cc21. The number of rotatable bonds is 2. The highest BCUT2D eigenvalue weighted by atomic mass is 79.9. The Morgan fingerprint density at radius 1 is 1.61 bits per heavy atom. The summed E-state index contributed by atoms with van der Waals surface area (Å²) in [6.07, 6.45) is 0. The lowest BCUT2D eigenvalue weighted by Crippen LogP contribution is -2.27. The van der Waals surface area contributed by atoms with Gasteiger partial charge in [-0.15, -0.1) is 0 Å². The molecule has 2 rings (SSSR count). The molecule has 4 nitrogen and oxygen atoms in total. The average molecular weight is 332 g/mol. The predicted molar refractivity (Wildman–Crippen MR) is 73.6 cm³/mol. The highest BCUT2D eigenvalue weighted by molar-refractivity contribution is 9.10. The highest BCUT2D eigenvalue weighted by Gasteiger charge is 2.18. The van der Waals surface area contributed by atoms with Crippen molar-refractivity contribution in [1.82, 2.24) is 14.9 Å². The number of hydrogen-bond acceptors (Lipinski definition) is 2. The molecule has 1 unspecified atom stereocenters. The van der Waals surface area contributed by atoms with Gasteiger partial charge in [-0.25, -0.2) is 4.39 Å². The molecule has 2 N–H and O–H groups in total. The number of aromatic nitrogens is 2. The van der Waals surface area contributed by atoms with Gasteiger partial charge >= 0.3 is 0 Å². The predicted octanol–water partition coefficient (Wildman–Crippen LogP) is 2.91. The molecule has 0 bridgehead atoms. The number of carbonyl (C=O) groups is 1. The number of benzene rings is 1. The molecule has 0 spiro atoms. The Bertz CT molecular complexity index is 679. The van der Waals surface area contributed by atoms with E-state index in [1.165, 1.54) is 6.07 Å². The van der Waals surface area contributed by atoms with Crippen molar-refractivity contribution in [2.45, 2.75) is 13.0 Å². The van der Waals surface area contributed by atoms with E-state index in [0.717, 1.165) is 0 Å². The number of nitrogens with one attached hydrogen (secondary N) is 2. The first-order valence-electron chi connectivity index (χ1n) is 5.26. The summed E-state index contributed by atoms with van der Waals surface area (Å²) in [4.78, 5) is 14.6. The molecule has 18 heavy (non-hydrogen) atoms. The van der Waals surface area contributed by atoms with E-state index in [2.05, 4.69) is 26.2 Å². The van der Waals surface area contributed by atoms with Crippen LogP contribution in [0.4, 0.5) is 4.39 Å². The number of H-pyrrole nitrogens is 1. The van der Waals surface area contributed by atoms with Gasteiger partial charge in [0.1, 0.15) is 11.9 Å². The lowest BCUT2D eigenvalue weighted by Gasteiger charge is -2.12. The van der Waals surface area contributed by atoms with Crippen molar-refractivity contribution < 1.29 is 9.18 Å². The van der Waals surface area contributed by atoms with E-state index in [-0.39, 0.29) is 11.7 Å². The summed E-state index contributed by atoms with van der Waals surface area (Å²) < 4.78 is 15.8. The second-order valence-corrected chi connectivity index (χ2v) is 5.11. The molecule has 7 heteroatoms. The van der Waals surface area contributed by atoms with Crippen molar-refractivity contribution in [1.29, 1.82) is 0 Å². The smallest absolute Gasteiger partial charge is 0.242 e. The van der Waals surface area contributed by atoms with Gasteiger partial charge in [0.2, 0.25) is 5.91 Å². The minimum atomic E-state index is -0.464. The second kappa shape index (κ2) is 4.81. The van der Waals surface area contributed by atoms with Crippen molar-refractivity contribution in [3.63, 3.8) is 0 Å². The third-order valence-corrected chi connectivity index (χ3v) is 3.68. The van der Waals surface area contributed by atoms with Crippen molar-refractivity contribution in [3.8, 4) is 0 Å². The van der Waals surface area contributed by atoms with Crippen molar-refractivity contribution in [3.05, 3.63) is 27.2 Å². The maximum absolute atomic E-state index is 13.4. The molecule has 2 aromatic rings. The van der Waals surface area contributed by atoms with Crippen molar-refractivity contribution >= 4 is 45.1 Å². The lowest BCUT2D eigenvalue weighted by atomic mass is 10.2. The Balaban J connectivity index is 2.71. The summed E-state index contributed by atoms with van der Waals surface area (Å²) in [6, 6.07) is 2.49. The summed E-state index contributed by atoms with van der Waals surface area (Å²) in [5.41, 5.74) is 1.25. The second-order valence-electron chi connectivity index (χ2n) is 3.87. The quantitative estimate of drug-likeness (QED) is 0.831. The molecule has 0 saturated heterocycles. The number of imidazole rings is 1. The molecule has 1 atom stereocenters. The minimum Gasteiger partial charge on any atom is -0.357 e. The van der Waals surface area contributed by atoms with E-state index in [1.54, 1.807) is 24.6 Å². The zero-order valence-corrected chi connectivity index (χ0v) is 12.2. The number of aromatic amines is 1. The average Bonchev–Trinajstić information content (AvgIpc) is 2.63. The molecular formula is C11H11BrFN3OS. The van der Waals surface area contributed by atoms with Crippen LogP contribution in [-0.4, -0.2) is 22.5 Å². The molecular weight excluding hydrogens is 321 g/mol.